The second-order valence-electron chi connectivity index (χ2n) is 6.66. The summed E-state index contributed by atoms with van der Waals surface area (Å²) in [7, 11) is 1.90. The van der Waals surface area contributed by atoms with Crippen LogP contribution < -0.4 is 5.32 Å². The van der Waals surface area contributed by atoms with Gasteiger partial charge in [0.2, 0.25) is 0 Å². The van der Waals surface area contributed by atoms with Gasteiger partial charge in [-0.15, -0.1) is 0 Å². The van der Waals surface area contributed by atoms with Gasteiger partial charge in [-0.2, -0.15) is 0 Å². The summed E-state index contributed by atoms with van der Waals surface area (Å²) in [5, 5.41) is 12.3. The lowest BCUT2D eigenvalue weighted by atomic mass is 9.86. The second kappa shape index (κ2) is 7.99. The monoisotopic (exact) mass is 298 g/mol. The molecule has 1 unspecified atom stereocenters. The largest absolute Gasteiger partial charge is 0.396 e. The second-order valence-corrected chi connectivity index (χ2v) is 6.66. The fraction of sp³-hybridized carbons (Fsp3) is 0.938. The fourth-order valence-corrected chi connectivity index (χ4v) is 3.51. The van der Waals surface area contributed by atoms with Crippen molar-refractivity contribution in [1.82, 2.24) is 10.2 Å². The molecular formula is C16H30N2O3. The maximum absolute atomic E-state index is 12.4. The molecule has 5 nitrogen and oxygen atoms in total. The highest BCUT2D eigenvalue weighted by Gasteiger charge is 2.28. The van der Waals surface area contributed by atoms with Gasteiger partial charge < -0.3 is 20.1 Å². The minimum atomic E-state index is 0.0430. The van der Waals surface area contributed by atoms with Gasteiger partial charge in [-0.05, 0) is 57.3 Å². The first-order chi connectivity index (χ1) is 10.1. The number of hydrogen-bond donors (Lipinski definition) is 2. The number of aliphatic hydroxyl groups excluding tert-OH is 1. The molecule has 21 heavy (non-hydrogen) atoms. The van der Waals surface area contributed by atoms with Crippen molar-refractivity contribution in [2.45, 2.75) is 57.5 Å². The van der Waals surface area contributed by atoms with Gasteiger partial charge in [0.15, 0.2) is 0 Å². The van der Waals surface area contributed by atoms with Crippen molar-refractivity contribution in [2.24, 2.45) is 11.8 Å². The zero-order valence-corrected chi connectivity index (χ0v) is 13.4. The minimum Gasteiger partial charge on any atom is -0.396 e. The molecule has 0 bridgehead atoms. The van der Waals surface area contributed by atoms with E-state index in [1.165, 1.54) is 0 Å². The Labute approximate surface area is 128 Å². The Bertz CT molecular complexity index is 323. The Kier molecular flexibility index (Phi) is 6.30. The predicted octanol–water partition coefficient (Wildman–Crippen LogP) is 1.99. The van der Waals surface area contributed by atoms with E-state index in [4.69, 9.17) is 4.74 Å². The van der Waals surface area contributed by atoms with Gasteiger partial charge in [-0.1, -0.05) is 0 Å². The zero-order valence-electron chi connectivity index (χ0n) is 13.4. The Balaban J connectivity index is 1.76. The van der Waals surface area contributed by atoms with Gasteiger partial charge in [0.25, 0.3) is 0 Å². The highest BCUT2D eigenvalue weighted by molar-refractivity contribution is 5.74. The highest BCUT2D eigenvalue weighted by atomic mass is 16.5. The van der Waals surface area contributed by atoms with Gasteiger partial charge in [-0.25, -0.2) is 4.79 Å². The summed E-state index contributed by atoms with van der Waals surface area (Å²) >= 11 is 0. The van der Waals surface area contributed by atoms with Crippen LogP contribution in [0.3, 0.4) is 0 Å². The lowest BCUT2D eigenvalue weighted by Crippen LogP contribution is -2.50. The SMILES string of the molecule is CC(NC(=O)N(C)C1CCC(CO)CC1)C1CCOCC1. The van der Waals surface area contributed by atoms with Crippen molar-refractivity contribution in [3.63, 3.8) is 0 Å². The molecule has 1 saturated carbocycles. The lowest BCUT2D eigenvalue weighted by molar-refractivity contribution is 0.0557. The topological polar surface area (TPSA) is 61.8 Å². The number of ether oxygens (including phenoxy) is 1. The van der Waals surface area contributed by atoms with Crippen molar-refractivity contribution in [2.75, 3.05) is 26.9 Å². The average Bonchev–Trinajstić information content (AvgIpc) is 2.55. The average molecular weight is 298 g/mol. The summed E-state index contributed by atoms with van der Waals surface area (Å²) in [6, 6.07) is 0.564. The van der Waals surface area contributed by atoms with E-state index in [-0.39, 0.29) is 18.7 Å². The smallest absolute Gasteiger partial charge is 0.317 e. The number of hydrogen-bond acceptors (Lipinski definition) is 3. The number of amides is 2. The normalized spacial score (nSPS) is 28.9. The first-order valence-electron chi connectivity index (χ1n) is 8.33. The molecule has 2 aliphatic rings. The standard InChI is InChI=1S/C16H30N2O3/c1-12(14-7-9-21-10-8-14)17-16(20)18(2)15-5-3-13(11-19)4-6-15/h12-15,19H,3-11H2,1-2H3,(H,17,20). The summed E-state index contributed by atoms with van der Waals surface area (Å²) in [5.41, 5.74) is 0. The molecular weight excluding hydrogens is 268 g/mol. The van der Waals surface area contributed by atoms with Gasteiger partial charge in [0.05, 0.1) is 0 Å². The number of rotatable bonds is 4. The molecule has 122 valence electrons. The van der Waals surface area contributed by atoms with Crippen LogP contribution in [0.15, 0.2) is 0 Å². The first kappa shape index (κ1) is 16.6. The Morgan fingerprint density at radius 3 is 2.43 bits per heavy atom. The van der Waals surface area contributed by atoms with Crippen LogP contribution >= 0.6 is 0 Å². The summed E-state index contributed by atoms with van der Waals surface area (Å²) < 4.78 is 5.37. The Morgan fingerprint density at radius 1 is 1.24 bits per heavy atom. The lowest BCUT2D eigenvalue weighted by Gasteiger charge is -2.36. The molecule has 2 N–H and O–H groups in total. The maximum atomic E-state index is 12.4. The molecule has 1 aliphatic heterocycles. The van der Waals surface area contributed by atoms with E-state index in [0.717, 1.165) is 51.7 Å². The molecule has 1 heterocycles. The molecule has 1 atom stereocenters. The number of carbonyl (C=O) groups excluding carboxylic acids is 1. The minimum absolute atomic E-state index is 0.0430. The summed E-state index contributed by atoms with van der Waals surface area (Å²) in [6.07, 6.45) is 6.11. The van der Waals surface area contributed by atoms with Crippen LogP contribution in [0.5, 0.6) is 0 Å². The van der Waals surface area contributed by atoms with E-state index >= 15 is 0 Å². The van der Waals surface area contributed by atoms with Crippen molar-refractivity contribution >= 4 is 6.03 Å². The third-order valence-electron chi connectivity index (χ3n) is 5.27. The third kappa shape index (κ3) is 4.58. The number of nitrogens with zero attached hydrogens (tertiary/aromatic N) is 1. The van der Waals surface area contributed by atoms with Gasteiger partial charge in [0.1, 0.15) is 0 Å². The van der Waals surface area contributed by atoms with Crippen LogP contribution in [-0.4, -0.2) is 55.0 Å². The van der Waals surface area contributed by atoms with Crippen LogP contribution in [0, 0.1) is 11.8 Å². The molecule has 2 rings (SSSR count). The summed E-state index contributed by atoms with van der Waals surface area (Å²) in [4.78, 5) is 14.2. The first-order valence-corrected chi connectivity index (χ1v) is 8.33. The molecule has 0 aromatic rings. The van der Waals surface area contributed by atoms with E-state index in [1.807, 2.05) is 11.9 Å². The number of urea groups is 1. The quantitative estimate of drug-likeness (QED) is 0.834. The van der Waals surface area contributed by atoms with Crippen LogP contribution in [0.1, 0.15) is 45.4 Å². The van der Waals surface area contributed by atoms with Gasteiger partial charge in [-0.3, -0.25) is 0 Å². The molecule has 0 radical (unpaired) electrons. The molecule has 0 aromatic heterocycles. The molecule has 0 aromatic carbocycles. The molecule has 2 fully saturated rings. The van der Waals surface area contributed by atoms with E-state index in [1.54, 1.807) is 0 Å². The van der Waals surface area contributed by atoms with E-state index in [2.05, 4.69) is 12.2 Å². The number of carbonyl (C=O) groups is 1. The van der Waals surface area contributed by atoms with Crippen LogP contribution in [0.2, 0.25) is 0 Å². The number of nitrogens with one attached hydrogen (secondary N) is 1. The van der Waals surface area contributed by atoms with E-state index in [9.17, 15) is 9.90 Å². The van der Waals surface area contributed by atoms with Crippen LogP contribution in [-0.2, 0) is 4.74 Å². The van der Waals surface area contributed by atoms with E-state index < -0.39 is 0 Å². The summed E-state index contributed by atoms with van der Waals surface area (Å²) in [6.45, 7) is 4.01. The van der Waals surface area contributed by atoms with Crippen molar-refractivity contribution in [3.8, 4) is 0 Å². The highest BCUT2D eigenvalue weighted by Crippen LogP contribution is 2.27. The van der Waals surface area contributed by atoms with Crippen LogP contribution in [0.4, 0.5) is 4.79 Å². The van der Waals surface area contributed by atoms with Crippen molar-refractivity contribution in [1.29, 1.82) is 0 Å². The zero-order chi connectivity index (χ0) is 15.2. The Hall–Kier alpha value is -0.810. The van der Waals surface area contributed by atoms with Crippen LogP contribution in [0.25, 0.3) is 0 Å². The fourth-order valence-electron chi connectivity index (χ4n) is 3.51. The van der Waals surface area contributed by atoms with Crippen molar-refractivity contribution in [3.05, 3.63) is 0 Å². The maximum Gasteiger partial charge on any atom is 0.317 e. The molecule has 1 saturated heterocycles. The molecule has 0 spiro atoms. The molecule has 5 heteroatoms. The van der Waals surface area contributed by atoms with Crippen molar-refractivity contribution < 1.29 is 14.6 Å². The molecule has 1 aliphatic carbocycles. The predicted molar refractivity (Wildman–Crippen MR) is 82.1 cm³/mol. The number of aliphatic hydroxyl groups is 1. The van der Waals surface area contributed by atoms with Gasteiger partial charge >= 0.3 is 6.03 Å². The molecule has 2 amide bonds. The van der Waals surface area contributed by atoms with E-state index in [0.29, 0.717) is 17.9 Å². The summed E-state index contributed by atoms with van der Waals surface area (Å²) in [5.74, 6) is 0.958. The third-order valence-corrected chi connectivity index (χ3v) is 5.27. The van der Waals surface area contributed by atoms with Gasteiger partial charge in [0, 0.05) is 39.0 Å². The Morgan fingerprint density at radius 2 is 1.86 bits per heavy atom.